The normalized spacial score (nSPS) is 25.4. The zero-order valence-corrected chi connectivity index (χ0v) is 17.6. The molecule has 2 N–H and O–H groups in total. The average molecular weight is 482 g/mol. The van der Waals surface area contributed by atoms with Gasteiger partial charge in [-0.05, 0) is 32.6 Å². The first-order valence-electron chi connectivity index (χ1n) is 9.93. The third-order valence-corrected chi connectivity index (χ3v) is 7.78. The van der Waals surface area contributed by atoms with Crippen LogP contribution in [0.5, 0.6) is 0 Å². The molecule has 0 radical (unpaired) electrons. The Morgan fingerprint density at radius 1 is 1.19 bits per heavy atom. The molecule has 1 spiro atoms. The van der Waals surface area contributed by atoms with E-state index in [2.05, 4.69) is 15.2 Å². The highest BCUT2D eigenvalue weighted by molar-refractivity contribution is 7.86. The highest BCUT2D eigenvalue weighted by Crippen LogP contribution is 2.75. The molecule has 2 aromatic heterocycles. The number of aromatic nitrogens is 4. The second kappa shape index (κ2) is 6.47. The molecular weight excluding hydrogens is 463 g/mol. The first kappa shape index (κ1) is 21.7. The number of hydrogen-bond acceptors (Lipinski definition) is 6. The van der Waals surface area contributed by atoms with E-state index in [0.717, 1.165) is 4.31 Å². The SMILES string of the molecule is Cc1c(-c2nc([C@@H]3C(F)(F)C34CCN(S(N)(=O)=O)CC4)no2)c(C(F)(F)F)nn1C1CC1. The number of piperidine rings is 1. The molecule has 9 nitrogen and oxygen atoms in total. The molecule has 2 aliphatic carbocycles. The molecule has 1 atom stereocenters. The zero-order chi connectivity index (χ0) is 23.3. The van der Waals surface area contributed by atoms with E-state index in [1.54, 1.807) is 0 Å². The van der Waals surface area contributed by atoms with Gasteiger partial charge in [0.05, 0.1) is 22.9 Å². The number of nitrogens with zero attached hydrogens (tertiary/aromatic N) is 5. The number of nitrogens with two attached hydrogens (primary N) is 1. The van der Waals surface area contributed by atoms with Crippen LogP contribution in [0.1, 0.15) is 54.9 Å². The Balaban J connectivity index is 1.47. The molecule has 2 aromatic rings. The van der Waals surface area contributed by atoms with Crippen molar-refractivity contribution in [2.45, 2.75) is 56.7 Å². The van der Waals surface area contributed by atoms with Crippen molar-refractivity contribution < 1.29 is 34.9 Å². The summed E-state index contributed by atoms with van der Waals surface area (Å²) in [6.45, 7) is 1.05. The fraction of sp³-hybridized carbons (Fsp3) is 0.706. The van der Waals surface area contributed by atoms with Gasteiger partial charge < -0.3 is 4.52 Å². The number of hydrogen-bond donors (Lipinski definition) is 1. The van der Waals surface area contributed by atoms with Crippen molar-refractivity contribution in [1.29, 1.82) is 0 Å². The highest BCUT2D eigenvalue weighted by atomic mass is 32.2. The van der Waals surface area contributed by atoms with Crippen molar-refractivity contribution in [2.24, 2.45) is 10.6 Å². The molecule has 0 unspecified atom stereocenters. The lowest BCUT2D eigenvalue weighted by molar-refractivity contribution is -0.141. The van der Waals surface area contributed by atoms with Gasteiger partial charge in [0.25, 0.3) is 22.0 Å². The maximum atomic E-state index is 14.8. The molecule has 3 aliphatic rings. The largest absolute Gasteiger partial charge is 0.435 e. The van der Waals surface area contributed by atoms with Gasteiger partial charge in [0.2, 0.25) is 0 Å². The van der Waals surface area contributed by atoms with E-state index in [0.29, 0.717) is 12.8 Å². The maximum absolute atomic E-state index is 14.8. The van der Waals surface area contributed by atoms with E-state index >= 15 is 0 Å². The molecule has 1 aliphatic heterocycles. The Morgan fingerprint density at radius 3 is 2.34 bits per heavy atom. The highest BCUT2D eigenvalue weighted by Gasteiger charge is 2.82. The van der Waals surface area contributed by atoms with Gasteiger partial charge in [-0.15, -0.1) is 0 Å². The minimum Gasteiger partial charge on any atom is -0.334 e. The molecule has 3 fully saturated rings. The predicted molar refractivity (Wildman–Crippen MR) is 97.6 cm³/mol. The van der Waals surface area contributed by atoms with Crippen LogP contribution in [0, 0.1) is 12.3 Å². The molecule has 15 heteroatoms. The minimum absolute atomic E-state index is 0.146. The Hall–Kier alpha value is -2.13. The maximum Gasteiger partial charge on any atom is 0.435 e. The van der Waals surface area contributed by atoms with Gasteiger partial charge in [0, 0.05) is 18.8 Å². The summed E-state index contributed by atoms with van der Waals surface area (Å²) in [6.07, 6.45) is -3.77. The third-order valence-electron chi connectivity index (χ3n) is 6.70. The Labute approximate surface area is 178 Å². The van der Waals surface area contributed by atoms with Crippen LogP contribution in [0.3, 0.4) is 0 Å². The minimum atomic E-state index is -4.79. The number of halogens is 5. The van der Waals surface area contributed by atoms with Crippen molar-refractivity contribution in [2.75, 3.05) is 13.1 Å². The second-order valence-corrected chi connectivity index (χ2v) is 10.1. The molecule has 1 saturated heterocycles. The summed E-state index contributed by atoms with van der Waals surface area (Å²) in [7, 11) is -4.00. The fourth-order valence-electron chi connectivity index (χ4n) is 4.78. The van der Waals surface area contributed by atoms with Gasteiger partial charge in [-0.1, -0.05) is 5.16 Å². The molecule has 32 heavy (non-hydrogen) atoms. The Morgan fingerprint density at radius 2 is 1.81 bits per heavy atom. The molecule has 0 bridgehead atoms. The van der Waals surface area contributed by atoms with Crippen LogP contribution in [-0.2, 0) is 16.4 Å². The summed E-state index contributed by atoms with van der Waals surface area (Å²) < 4.78 is 100. The molecule has 176 valence electrons. The molecule has 2 saturated carbocycles. The van der Waals surface area contributed by atoms with Crippen molar-refractivity contribution in [3.8, 4) is 11.5 Å². The first-order valence-corrected chi connectivity index (χ1v) is 11.4. The van der Waals surface area contributed by atoms with Crippen LogP contribution in [0.2, 0.25) is 0 Å². The van der Waals surface area contributed by atoms with Gasteiger partial charge in [0.1, 0.15) is 0 Å². The predicted octanol–water partition coefficient (Wildman–Crippen LogP) is 2.61. The lowest BCUT2D eigenvalue weighted by Crippen LogP contribution is -2.43. The first-order chi connectivity index (χ1) is 14.8. The van der Waals surface area contributed by atoms with Gasteiger partial charge in [-0.25, -0.2) is 13.9 Å². The standard InChI is InChI=1S/C17H19F5N6O3S/c1-8-10(12(17(20,21)22)25-28(8)9-2-3-9)14-24-13(26-31-14)11-15(16(11,18)19)4-6-27(7-5-15)32(23,29)30/h9,11H,2-7H2,1H3,(H2,23,29,30)/t11-/m0/s1. The van der Waals surface area contributed by atoms with Crippen molar-refractivity contribution in [1.82, 2.24) is 24.2 Å². The summed E-state index contributed by atoms with van der Waals surface area (Å²) in [5.41, 5.74) is -3.02. The Kier molecular flexibility index (Phi) is 4.39. The molecular formula is C17H19F5N6O3S. The van der Waals surface area contributed by atoms with E-state index in [4.69, 9.17) is 9.66 Å². The average Bonchev–Trinajstić information content (AvgIpc) is 3.45. The van der Waals surface area contributed by atoms with Crippen LogP contribution in [0.4, 0.5) is 22.0 Å². The van der Waals surface area contributed by atoms with E-state index in [1.165, 1.54) is 11.6 Å². The Bertz CT molecular complexity index is 1180. The van der Waals surface area contributed by atoms with Gasteiger partial charge in [-0.2, -0.15) is 36.0 Å². The van der Waals surface area contributed by atoms with Crippen LogP contribution in [0.15, 0.2) is 4.52 Å². The van der Waals surface area contributed by atoms with E-state index < -0.39 is 56.6 Å². The number of rotatable bonds is 4. The summed E-state index contributed by atoms with van der Waals surface area (Å²) in [5.74, 6) is -5.65. The van der Waals surface area contributed by atoms with E-state index in [-0.39, 0.29) is 37.7 Å². The van der Waals surface area contributed by atoms with Crippen LogP contribution in [-0.4, -0.2) is 51.7 Å². The summed E-state index contributed by atoms with van der Waals surface area (Å²) in [6, 6.07) is -0.146. The third kappa shape index (κ3) is 3.08. The fourth-order valence-corrected chi connectivity index (χ4v) is 5.47. The van der Waals surface area contributed by atoms with Crippen LogP contribution >= 0.6 is 0 Å². The molecule has 3 heterocycles. The van der Waals surface area contributed by atoms with Gasteiger partial charge in [-0.3, -0.25) is 4.68 Å². The van der Waals surface area contributed by atoms with Crippen molar-refractivity contribution in [3.05, 3.63) is 17.2 Å². The molecule has 0 amide bonds. The monoisotopic (exact) mass is 482 g/mol. The van der Waals surface area contributed by atoms with Crippen LogP contribution in [0.25, 0.3) is 11.5 Å². The van der Waals surface area contributed by atoms with Gasteiger partial charge in [0.15, 0.2) is 11.5 Å². The summed E-state index contributed by atoms with van der Waals surface area (Å²) in [5, 5.41) is 12.3. The lowest BCUT2D eigenvalue weighted by Gasteiger charge is -2.30. The quantitative estimate of drug-likeness (QED) is 0.669. The van der Waals surface area contributed by atoms with E-state index in [9.17, 15) is 30.4 Å². The van der Waals surface area contributed by atoms with Gasteiger partial charge >= 0.3 is 6.18 Å². The lowest BCUT2D eigenvalue weighted by atomic mass is 9.91. The molecule has 5 rings (SSSR count). The zero-order valence-electron chi connectivity index (χ0n) is 16.7. The summed E-state index contributed by atoms with van der Waals surface area (Å²) >= 11 is 0. The smallest absolute Gasteiger partial charge is 0.334 e. The van der Waals surface area contributed by atoms with E-state index in [1.807, 2.05) is 0 Å². The second-order valence-electron chi connectivity index (χ2n) is 8.60. The summed E-state index contributed by atoms with van der Waals surface area (Å²) in [4.78, 5) is 3.92. The topological polar surface area (TPSA) is 120 Å². The van der Waals surface area contributed by atoms with Crippen molar-refractivity contribution >= 4 is 10.2 Å². The van der Waals surface area contributed by atoms with Crippen LogP contribution < -0.4 is 5.14 Å². The van der Waals surface area contributed by atoms with Crippen molar-refractivity contribution in [3.63, 3.8) is 0 Å². The number of alkyl halides is 5. The molecule has 0 aromatic carbocycles.